The number of nitrogens with one attached hydrogen (secondary N) is 2. The first-order valence-corrected chi connectivity index (χ1v) is 11.1. The molecular formula is C19H19ClN6O2S2. The molecule has 11 heteroatoms. The number of rotatable bonds is 9. The number of thiazole rings is 1. The van der Waals surface area contributed by atoms with E-state index < -0.39 is 0 Å². The lowest BCUT2D eigenvalue weighted by atomic mass is 10.3. The van der Waals surface area contributed by atoms with E-state index in [1.54, 1.807) is 34.9 Å². The Morgan fingerprint density at radius 3 is 2.77 bits per heavy atom. The number of para-hydroxylation sites is 1. The molecule has 0 atom stereocenters. The second-order valence-corrected chi connectivity index (χ2v) is 8.34. The fourth-order valence-corrected chi connectivity index (χ4v) is 4.12. The summed E-state index contributed by atoms with van der Waals surface area (Å²) in [6.45, 7) is 6.02. The molecule has 2 amide bonds. The molecule has 0 saturated heterocycles. The van der Waals surface area contributed by atoms with Gasteiger partial charge in [-0.3, -0.25) is 9.59 Å². The molecule has 0 unspecified atom stereocenters. The third-order valence-electron chi connectivity index (χ3n) is 3.77. The number of nitrogens with zero attached hydrogens (tertiary/aromatic N) is 4. The van der Waals surface area contributed by atoms with Gasteiger partial charge in [-0.15, -0.1) is 28.1 Å². The van der Waals surface area contributed by atoms with Crippen molar-refractivity contribution in [1.29, 1.82) is 0 Å². The standard InChI is InChI=1S/C19H19ClN6O2S2/c1-3-8-26-15(9-16(27)22-14-7-5-4-6-13(14)20)24-25-19(26)30-11-17(28)23-18-21-12(2)10-29-18/h3-7,10H,1,8-9,11H2,2H3,(H,22,27)(H,21,23,28). The second-order valence-electron chi connectivity index (χ2n) is 6.13. The summed E-state index contributed by atoms with van der Waals surface area (Å²) in [5, 5.41) is 17.2. The van der Waals surface area contributed by atoms with Crippen molar-refractivity contribution in [2.45, 2.75) is 25.0 Å². The maximum atomic E-state index is 12.4. The molecule has 0 radical (unpaired) electrons. The van der Waals surface area contributed by atoms with Crippen LogP contribution in [0.2, 0.25) is 5.02 Å². The number of hydrogen-bond acceptors (Lipinski definition) is 7. The highest BCUT2D eigenvalue weighted by molar-refractivity contribution is 7.99. The Balaban J connectivity index is 1.62. The number of halogens is 1. The molecule has 2 N–H and O–H groups in total. The van der Waals surface area contributed by atoms with Crippen molar-refractivity contribution in [1.82, 2.24) is 19.7 Å². The first-order chi connectivity index (χ1) is 14.5. The van der Waals surface area contributed by atoms with Gasteiger partial charge in [0.1, 0.15) is 5.82 Å². The zero-order valence-electron chi connectivity index (χ0n) is 16.1. The minimum atomic E-state index is -0.269. The summed E-state index contributed by atoms with van der Waals surface area (Å²) in [6.07, 6.45) is 1.69. The number of amides is 2. The zero-order chi connectivity index (χ0) is 21.5. The molecule has 8 nitrogen and oxygen atoms in total. The molecule has 0 bridgehead atoms. The van der Waals surface area contributed by atoms with Crippen LogP contribution >= 0.6 is 34.7 Å². The first kappa shape index (κ1) is 22.0. The van der Waals surface area contributed by atoms with Crippen molar-refractivity contribution >= 4 is 57.3 Å². The molecule has 3 aromatic rings. The lowest BCUT2D eigenvalue weighted by Crippen LogP contribution is -2.18. The SMILES string of the molecule is C=CCn1c(CC(=O)Nc2ccccc2Cl)nnc1SCC(=O)Nc1nc(C)cs1. The predicted octanol–water partition coefficient (Wildman–Crippen LogP) is 3.79. The second kappa shape index (κ2) is 10.4. The third kappa shape index (κ3) is 5.91. The number of benzene rings is 1. The van der Waals surface area contributed by atoms with Crippen molar-refractivity contribution in [3.8, 4) is 0 Å². The summed E-state index contributed by atoms with van der Waals surface area (Å²) in [6, 6.07) is 6.99. The summed E-state index contributed by atoms with van der Waals surface area (Å²) >= 11 is 8.68. The van der Waals surface area contributed by atoms with Crippen LogP contribution in [0.1, 0.15) is 11.5 Å². The van der Waals surface area contributed by atoms with Crippen molar-refractivity contribution in [3.63, 3.8) is 0 Å². The van der Waals surface area contributed by atoms with Crippen LogP contribution in [-0.2, 0) is 22.6 Å². The van der Waals surface area contributed by atoms with Crippen molar-refractivity contribution in [2.24, 2.45) is 0 Å². The highest BCUT2D eigenvalue weighted by Crippen LogP contribution is 2.22. The summed E-state index contributed by atoms with van der Waals surface area (Å²) in [4.78, 5) is 28.8. The van der Waals surface area contributed by atoms with E-state index in [9.17, 15) is 9.59 Å². The van der Waals surface area contributed by atoms with Gasteiger partial charge in [0.15, 0.2) is 10.3 Å². The number of aryl methyl sites for hydroxylation is 1. The molecule has 0 spiro atoms. The maximum Gasteiger partial charge on any atom is 0.236 e. The van der Waals surface area contributed by atoms with E-state index in [0.29, 0.717) is 33.4 Å². The van der Waals surface area contributed by atoms with Gasteiger partial charge >= 0.3 is 0 Å². The fraction of sp³-hybridized carbons (Fsp3) is 0.211. The fourth-order valence-electron chi connectivity index (χ4n) is 2.47. The molecule has 0 aliphatic carbocycles. The summed E-state index contributed by atoms with van der Waals surface area (Å²) in [5.74, 6) is 0.146. The molecule has 0 aliphatic heterocycles. The average Bonchev–Trinajstić information content (AvgIpc) is 3.28. The predicted molar refractivity (Wildman–Crippen MR) is 120 cm³/mol. The summed E-state index contributed by atoms with van der Waals surface area (Å²) < 4.78 is 1.75. The zero-order valence-corrected chi connectivity index (χ0v) is 18.5. The van der Waals surface area contributed by atoms with E-state index in [2.05, 4.69) is 32.4 Å². The minimum absolute atomic E-state index is 0.0111. The van der Waals surface area contributed by atoms with E-state index in [1.165, 1.54) is 23.1 Å². The number of aromatic nitrogens is 4. The molecule has 0 saturated carbocycles. The Hall–Kier alpha value is -2.69. The lowest BCUT2D eigenvalue weighted by Gasteiger charge is -2.09. The highest BCUT2D eigenvalue weighted by atomic mass is 35.5. The van der Waals surface area contributed by atoms with Gasteiger partial charge in [0.2, 0.25) is 11.8 Å². The minimum Gasteiger partial charge on any atom is -0.324 e. The topological polar surface area (TPSA) is 102 Å². The van der Waals surface area contributed by atoms with Crippen LogP contribution in [0.15, 0.2) is 47.5 Å². The average molecular weight is 463 g/mol. The third-order valence-corrected chi connectivity index (χ3v) is 5.94. The quantitative estimate of drug-likeness (QED) is 0.370. The molecule has 2 heterocycles. The molecule has 156 valence electrons. The van der Waals surface area contributed by atoms with Crippen LogP contribution < -0.4 is 10.6 Å². The number of carbonyl (C=O) groups excluding carboxylic acids is 2. The molecular weight excluding hydrogens is 444 g/mol. The van der Waals surface area contributed by atoms with Crippen LogP contribution in [-0.4, -0.2) is 37.3 Å². The Morgan fingerprint density at radius 1 is 1.27 bits per heavy atom. The first-order valence-electron chi connectivity index (χ1n) is 8.88. The van der Waals surface area contributed by atoms with E-state index in [0.717, 1.165) is 5.69 Å². The van der Waals surface area contributed by atoms with Crippen molar-refractivity contribution in [2.75, 3.05) is 16.4 Å². The molecule has 30 heavy (non-hydrogen) atoms. The Labute approximate surface area is 186 Å². The van der Waals surface area contributed by atoms with E-state index in [1.807, 2.05) is 12.3 Å². The van der Waals surface area contributed by atoms with Gasteiger partial charge in [0.25, 0.3) is 0 Å². The Morgan fingerprint density at radius 2 is 2.07 bits per heavy atom. The number of hydrogen-bond donors (Lipinski definition) is 2. The summed E-state index contributed by atoms with van der Waals surface area (Å²) in [5.41, 5.74) is 1.39. The number of thioether (sulfide) groups is 1. The monoisotopic (exact) mass is 462 g/mol. The molecule has 2 aromatic heterocycles. The van der Waals surface area contributed by atoms with Gasteiger partial charge in [-0.25, -0.2) is 4.98 Å². The smallest absolute Gasteiger partial charge is 0.236 e. The van der Waals surface area contributed by atoms with Crippen LogP contribution in [0.3, 0.4) is 0 Å². The van der Waals surface area contributed by atoms with E-state index in [4.69, 9.17) is 11.6 Å². The number of anilines is 2. The van der Waals surface area contributed by atoms with Crippen LogP contribution in [0.5, 0.6) is 0 Å². The van der Waals surface area contributed by atoms with E-state index in [-0.39, 0.29) is 24.0 Å². The van der Waals surface area contributed by atoms with E-state index >= 15 is 0 Å². The Kier molecular flexibility index (Phi) is 7.61. The van der Waals surface area contributed by atoms with Gasteiger partial charge in [0.05, 0.1) is 28.6 Å². The highest BCUT2D eigenvalue weighted by Gasteiger charge is 2.17. The molecule has 3 rings (SSSR count). The largest absolute Gasteiger partial charge is 0.324 e. The van der Waals surface area contributed by atoms with Gasteiger partial charge in [-0.2, -0.15) is 0 Å². The van der Waals surface area contributed by atoms with Gasteiger partial charge in [0, 0.05) is 11.9 Å². The molecule has 0 aliphatic rings. The number of carbonyl (C=O) groups is 2. The summed E-state index contributed by atoms with van der Waals surface area (Å²) in [7, 11) is 0. The maximum absolute atomic E-state index is 12.4. The molecule has 0 fully saturated rings. The van der Waals surface area contributed by atoms with Gasteiger partial charge < -0.3 is 15.2 Å². The Bertz CT molecular complexity index is 1060. The van der Waals surface area contributed by atoms with Crippen molar-refractivity contribution in [3.05, 3.63) is 58.8 Å². The van der Waals surface area contributed by atoms with Gasteiger partial charge in [-0.1, -0.05) is 41.6 Å². The normalized spacial score (nSPS) is 10.6. The lowest BCUT2D eigenvalue weighted by molar-refractivity contribution is -0.116. The van der Waals surface area contributed by atoms with Crippen LogP contribution in [0, 0.1) is 6.92 Å². The van der Waals surface area contributed by atoms with Crippen LogP contribution in [0.4, 0.5) is 10.8 Å². The van der Waals surface area contributed by atoms with Gasteiger partial charge in [-0.05, 0) is 19.1 Å². The van der Waals surface area contributed by atoms with Crippen molar-refractivity contribution < 1.29 is 9.59 Å². The van der Waals surface area contributed by atoms with Crippen LogP contribution in [0.25, 0.3) is 0 Å². The number of allylic oxidation sites excluding steroid dienone is 1. The molecule has 1 aromatic carbocycles.